The van der Waals surface area contributed by atoms with Gasteiger partial charge < -0.3 is 14.6 Å². The van der Waals surface area contributed by atoms with E-state index in [0.29, 0.717) is 13.2 Å². The Balaban J connectivity index is 1.91. The highest BCUT2D eigenvalue weighted by Gasteiger charge is 2.19. The van der Waals surface area contributed by atoms with Crippen molar-refractivity contribution in [2.75, 3.05) is 19.8 Å². The Labute approximate surface area is 95.3 Å². The molecule has 0 amide bonds. The lowest BCUT2D eigenvalue weighted by Gasteiger charge is -2.07. The van der Waals surface area contributed by atoms with Crippen molar-refractivity contribution in [3.05, 3.63) is 41.5 Å². The number of hydrogen-bond acceptors (Lipinski definition) is 3. The average Bonchev–Trinajstić information content (AvgIpc) is 2.75. The van der Waals surface area contributed by atoms with E-state index in [1.54, 1.807) is 0 Å². The van der Waals surface area contributed by atoms with Gasteiger partial charge in [0, 0.05) is 6.42 Å². The molecule has 1 aromatic carbocycles. The maximum atomic E-state index is 8.63. The Kier molecular flexibility index (Phi) is 4.10. The van der Waals surface area contributed by atoms with Gasteiger partial charge in [-0.3, -0.25) is 0 Å². The van der Waals surface area contributed by atoms with Crippen molar-refractivity contribution in [3.8, 4) is 0 Å². The summed E-state index contributed by atoms with van der Waals surface area (Å²) in [7, 11) is 0. The van der Waals surface area contributed by atoms with Crippen LogP contribution >= 0.6 is 0 Å². The van der Waals surface area contributed by atoms with Crippen LogP contribution in [-0.2, 0) is 9.47 Å². The van der Waals surface area contributed by atoms with Gasteiger partial charge >= 0.3 is 0 Å². The van der Waals surface area contributed by atoms with Gasteiger partial charge in [-0.2, -0.15) is 0 Å². The summed E-state index contributed by atoms with van der Waals surface area (Å²) in [5.74, 6) is 0. The number of aliphatic hydroxyl groups is 1. The summed E-state index contributed by atoms with van der Waals surface area (Å²) < 4.78 is 10.7. The third kappa shape index (κ3) is 3.17. The maximum absolute atomic E-state index is 8.63. The van der Waals surface area contributed by atoms with Crippen LogP contribution in [-0.4, -0.2) is 31.2 Å². The van der Waals surface area contributed by atoms with Crippen LogP contribution in [0.25, 0.3) is 6.08 Å². The van der Waals surface area contributed by atoms with Crippen molar-refractivity contribution in [3.63, 3.8) is 0 Å². The zero-order valence-corrected chi connectivity index (χ0v) is 9.13. The predicted molar refractivity (Wildman–Crippen MR) is 61.8 cm³/mol. The van der Waals surface area contributed by atoms with Gasteiger partial charge in [-0.15, -0.1) is 0 Å². The summed E-state index contributed by atoms with van der Waals surface area (Å²) >= 11 is 0. The first-order valence-electron chi connectivity index (χ1n) is 5.47. The molecule has 0 aliphatic carbocycles. The fourth-order valence-electron chi connectivity index (χ4n) is 1.71. The highest BCUT2D eigenvalue weighted by atomic mass is 16.7. The molecule has 86 valence electrons. The minimum absolute atomic E-state index is 0.0393. The molecule has 2 rings (SSSR count). The molecular formula is C13H16O3. The van der Waals surface area contributed by atoms with Gasteiger partial charge in [0.25, 0.3) is 0 Å². The third-order valence-electron chi connectivity index (χ3n) is 2.45. The van der Waals surface area contributed by atoms with Crippen molar-refractivity contribution >= 4 is 6.08 Å². The fourth-order valence-corrected chi connectivity index (χ4v) is 1.71. The Morgan fingerprint density at radius 3 is 2.94 bits per heavy atom. The van der Waals surface area contributed by atoms with Crippen LogP contribution in [0.4, 0.5) is 0 Å². The number of rotatable bonds is 4. The molecule has 0 bridgehead atoms. The van der Waals surface area contributed by atoms with E-state index in [1.807, 2.05) is 18.2 Å². The van der Waals surface area contributed by atoms with Crippen molar-refractivity contribution in [2.24, 2.45) is 0 Å². The molecule has 1 fully saturated rings. The average molecular weight is 220 g/mol. The number of aliphatic hydroxyl groups excluding tert-OH is 1. The van der Waals surface area contributed by atoms with E-state index in [0.717, 1.165) is 6.42 Å². The van der Waals surface area contributed by atoms with E-state index in [2.05, 4.69) is 18.2 Å². The molecule has 1 aliphatic rings. The van der Waals surface area contributed by atoms with Crippen LogP contribution in [0.15, 0.2) is 35.9 Å². The summed E-state index contributed by atoms with van der Waals surface area (Å²) in [6.07, 6.45) is 2.72. The molecule has 0 radical (unpaired) electrons. The molecule has 16 heavy (non-hydrogen) atoms. The lowest BCUT2D eigenvalue weighted by atomic mass is 10.1. The quantitative estimate of drug-likeness (QED) is 0.841. The van der Waals surface area contributed by atoms with E-state index in [9.17, 15) is 0 Å². The van der Waals surface area contributed by atoms with Crippen molar-refractivity contribution in [2.45, 2.75) is 12.7 Å². The second kappa shape index (κ2) is 5.80. The van der Waals surface area contributed by atoms with Crippen LogP contribution in [0.2, 0.25) is 0 Å². The summed E-state index contributed by atoms with van der Waals surface area (Å²) in [5, 5.41) is 8.63. The summed E-state index contributed by atoms with van der Waals surface area (Å²) in [6, 6.07) is 10.2. The Morgan fingerprint density at radius 1 is 1.38 bits per heavy atom. The zero-order valence-electron chi connectivity index (χ0n) is 9.13. The smallest absolute Gasteiger partial charge is 0.161 e. The van der Waals surface area contributed by atoms with Crippen LogP contribution in [0, 0.1) is 0 Å². The van der Waals surface area contributed by atoms with E-state index in [4.69, 9.17) is 14.6 Å². The molecule has 1 heterocycles. The molecule has 1 aliphatic heterocycles. The number of ether oxygens (including phenoxy) is 2. The van der Waals surface area contributed by atoms with E-state index in [-0.39, 0.29) is 12.9 Å². The lowest BCUT2D eigenvalue weighted by Crippen LogP contribution is -2.13. The van der Waals surface area contributed by atoms with Crippen LogP contribution < -0.4 is 0 Å². The minimum Gasteiger partial charge on any atom is -0.394 e. The number of hydrogen-bond donors (Lipinski definition) is 1. The van der Waals surface area contributed by atoms with Crippen molar-refractivity contribution in [1.82, 2.24) is 0 Å². The monoisotopic (exact) mass is 220 g/mol. The molecule has 3 heteroatoms. The zero-order chi connectivity index (χ0) is 11.2. The summed E-state index contributed by atoms with van der Waals surface area (Å²) in [4.78, 5) is 0. The fraction of sp³-hybridized carbons (Fsp3) is 0.385. The van der Waals surface area contributed by atoms with Crippen LogP contribution in [0.5, 0.6) is 0 Å². The first kappa shape index (κ1) is 11.3. The maximum Gasteiger partial charge on any atom is 0.161 e. The van der Waals surface area contributed by atoms with Gasteiger partial charge in [0.05, 0.1) is 19.8 Å². The second-order valence-electron chi connectivity index (χ2n) is 3.75. The summed E-state index contributed by atoms with van der Waals surface area (Å²) in [5.41, 5.74) is 2.41. The van der Waals surface area contributed by atoms with Crippen molar-refractivity contribution < 1.29 is 14.6 Å². The molecular weight excluding hydrogens is 204 g/mol. The highest BCUT2D eigenvalue weighted by molar-refractivity contribution is 5.53. The minimum atomic E-state index is -0.192. The molecule has 0 unspecified atom stereocenters. The molecule has 1 N–H and O–H groups in total. The van der Waals surface area contributed by atoms with Gasteiger partial charge in [-0.25, -0.2) is 0 Å². The van der Waals surface area contributed by atoms with Crippen molar-refractivity contribution in [1.29, 1.82) is 0 Å². The van der Waals surface area contributed by atoms with E-state index >= 15 is 0 Å². The lowest BCUT2D eigenvalue weighted by molar-refractivity contribution is -0.117. The largest absolute Gasteiger partial charge is 0.394 e. The van der Waals surface area contributed by atoms with Crippen LogP contribution in [0.3, 0.4) is 0 Å². The molecule has 3 nitrogen and oxygen atoms in total. The second-order valence-corrected chi connectivity index (χ2v) is 3.75. The molecule has 0 saturated carbocycles. The highest BCUT2D eigenvalue weighted by Crippen LogP contribution is 2.21. The normalized spacial score (nSPS) is 22.8. The SMILES string of the molecule is OCCO[C@@H]1C/C(=C/c2ccccc2)CO1. The molecule has 0 spiro atoms. The van der Waals surface area contributed by atoms with E-state index < -0.39 is 0 Å². The standard InChI is InChI=1S/C13H16O3/c14-6-7-15-13-9-12(10-16-13)8-11-4-2-1-3-5-11/h1-5,8,13-14H,6-7,9-10H2/b12-8-/t13-/m0/s1. The van der Waals surface area contributed by atoms with Gasteiger partial charge in [-0.05, 0) is 11.1 Å². The summed E-state index contributed by atoms with van der Waals surface area (Å²) in [6.45, 7) is 0.992. The van der Waals surface area contributed by atoms with Crippen LogP contribution in [0.1, 0.15) is 12.0 Å². The van der Waals surface area contributed by atoms with Gasteiger partial charge in [-0.1, -0.05) is 36.4 Å². The molecule has 1 aromatic rings. The van der Waals surface area contributed by atoms with Gasteiger partial charge in [0.1, 0.15) is 0 Å². The first-order valence-corrected chi connectivity index (χ1v) is 5.47. The third-order valence-corrected chi connectivity index (χ3v) is 2.45. The van der Waals surface area contributed by atoms with Gasteiger partial charge in [0.15, 0.2) is 6.29 Å². The molecule has 1 atom stereocenters. The molecule has 1 saturated heterocycles. The Morgan fingerprint density at radius 2 is 2.19 bits per heavy atom. The Hall–Kier alpha value is -1.16. The van der Waals surface area contributed by atoms with Gasteiger partial charge in [0.2, 0.25) is 0 Å². The predicted octanol–water partition coefficient (Wildman–Crippen LogP) is 1.83. The first-order chi connectivity index (χ1) is 7.88. The topological polar surface area (TPSA) is 38.7 Å². The Bertz CT molecular complexity index is 345. The van der Waals surface area contributed by atoms with E-state index in [1.165, 1.54) is 11.1 Å². The molecule has 0 aromatic heterocycles. The number of benzene rings is 1.